The summed E-state index contributed by atoms with van der Waals surface area (Å²) in [5.74, 6) is 0. The third kappa shape index (κ3) is 4.19. The Balaban J connectivity index is 1.45. The van der Waals surface area contributed by atoms with Gasteiger partial charge in [0.2, 0.25) is 0 Å². The molecule has 5 heteroatoms. The van der Waals surface area contributed by atoms with Gasteiger partial charge in [-0.1, -0.05) is 18.9 Å². The molecule has 5 nitrogen and oxygen atoms in total. The average molecular weight is 367 g/mol. The van der Waals surface area contributed by atoms with Crippen LogP contribution < -0.4 is 5.32 Å². The number of hydrogen-bond donors (Lipinski definition) is 1. The van der Waals surface area contributed by atoms with Gasteiger partial charge in [-0.15, -0.1) is 0 Å². The first kappa shape index (κ1) is 18.5. The molecule has 3 heterocycles. The van der Waals surface area contributed by atoms with Crippen LogP contribution in [-0.4, -0.2) is 33.9 Å². The average Bonchev–Trinajstić information content (AvgIpc) is 3.13. The molecule has 144 valence electrons. The van der Waals surface area contributed by atoms with Gasteiger partial charge in [0.1, 0.15) is 0 Å². The van der Waals surface area contributed by atoms with Crippen molar-refractivity contribution in [2.75, 3.05) is 13.2 Å². The van der Waals surface area contributed by atoms with E-state index in [0.29, 0.717) is 0 Å². The van der Waals surface area contributed by atoms with E-state index in [4.69, 9.17) is 9.72 Å². The summed E-state index contributed by atoms with van der Waals surface area (Å²) in [7, 11) is 0. The van der Waals surface area contributed by atoms with Crippen molar-refractivity contribution in [1.82, 2.24) is 20.5 Å². The van der Waals surface area contributed by atoms with E-state index in [9.17, 15) is 0 Å². The minimum Gasteiger partial charge on any atom is -0.375 e. The van der Waals surface area contributed by atoms with Gasteiger partial charge in [-0.2, -0.15) is 10.2 Å². The van der Waals surface area contributed by atoms with Crippen LogP contribution in [0.3, 0.4) is 0 Å². The summed E-state index contributed by atoms with van der Waals surface area (Å²) in [6.07, 6.45) is 12.0. The molecule has 1 unspecified atom stereocenters. The Bertz CT molecular complexity index is 745. The molecule has 1 aliphatic carbocycles. The van der Waals surface area contributed by atoms with Gasteiger partial charge >= 0.3 is 0 Å². The second-order valence-electron chi connectivity index (χ2n) is 8.29. The standard InChI is InChI=1S/C22H30N4O/c1-18-14-19(16-25-26-18)15-23-12-9-21(20-6-2-5-11-24-20)10-13-27-22(17-21)7-3-4-8-22/h2,5-6,11,14,16,23H,3-4,7-10,12-13,15,17H2,1H3. The highest BCUT2D eigenvalue weighted by atomic mass is 16.5. The normalized spacial score (nSPS) is 24.3. The monoisotopic (exact) mass is 366 g/mol. The molecular formula is C22H30N4O. The third-order valence-electron chi connectivity index (χ3n) is 6.32. The highest BCUT2D eigenvalue weighted by Crippen LogP contribution is 2.49. The van der Waals surface area contributed by atoms with Gasteiger partial charge in [0.25, 0.3) is 0 Å². The van der Waals surface area contributed by atoms with Crippen molar-refractivity contribution in [1.29, 1.82) is 0 Å². The Hall–Kier alpha value is -1.85. The van der Waals surface area contributed by atoms with Crippen LogP contribution in [0.1, 0.15) is 61.9 Å². The topological polar surface area (TPSA) is 59.9 Å². The van der Waals surface area contributed by atoms with Crippen LogP contribution >= 0.6 is 0 Å². The lowest BCUT2D eigenvalue weighted by atomic mass is 9.68. The molecule has 1 N–H and O–H groups in total. The molecule has 1 saturated carbocycles. The zero-order chi connectivity index (χ0) is 18.6. The zero-order valence-corrected chi connectivity index (χ0v) is 16.3. The number of ether oxygens (including phenoxy) is 1. The van der Waals surface area contributed by atoms with E-state index < -0.39 is 0 Å². The van der Waals surface area contributed by atoms with Crippen LogP contribution in [0.5, 0.6) is 0 Å². The Morgan fingerprint density at radius 2 is 2.07 bits per heavy atom. The summed E-state index contributed by atoms with van der Waals surface area (Å²) in [6.45, 7) is 4.63. The van der Waals surface area contributed by atoms with Crippen molar-refractivity contribution in [3.8, 4) is 0 Å². The van der Waals surface area contributed by atoms with E-state index in [1.54, 1.807) is 0 Å². The van der Waals surface area contributed by atoms with Crippen LogP contribution in [0.4, 0.5) is 0 Å². The predicted octanol–water partition coefficient (Wildman–Crippen LogP) is 3.72. The van der Waals surface area contributed by atoms with E-state index in [1.807, 2.05) is 25.4 Å². The van der Waals surface area contributed by atoms with Crippen molar-refractivity contribution < 1.29 is 4.74 Å². The molecule has 2 aromatic heterocycles. The maximum atomic E-state index is 6.33. The molecule has 1 atom stereocenters. The molecule has 2 aliphatic rings. The first-order valence-electron chi connectivity index (χ1n) is 10.2. The van der Waals surface area contributed by atoms with Crippen molar-refractivity contribution in [2.24, 2.45) is 0 Å². The second-order valence-corrected chi connectivity index (χ2v) is 8.29. The lowest BCUT2D eigenvalue weighted by molar-refractivity contribution is -0.104. The molecule has 1 aliphatic heterocycles. The summed E-state index contributed by atoms with van der Waals surface area (Å²) in [6, 6.07) is 8.44. The minimum absolute atomic E-state index is 0.0852. The molecule has 0 bridgehead atoms. The largest absolute Gasteiger partial charge is 0.375 e. The molecule has 1 saturated heterocycles. The highest BCUT2D eigenvalue weighted by Gasteiger charge is 2.48. The molecule has 0 radical (unpaired) electrons. The summed E-state index contributed by atoms with van der Waals surface area (Å²) in [5, 5.41) is 11.7. The SMILES string of the molecule is Cc1cc(CNCCC2(c3ccccn3)CCOC3(CCCC3)C2)cnn1. The number of nitrogens with zero attached hydrogens (tertiary/aromatic N) is 3. The minimum atomic E-state index is 0.0852. The Morgan fingerprint density at radius 3 is 2.85 bits per heavy atom. The van der Waals surface area contributed by atoms with Crippen molar-refractivity contribution in [2.45, 2.75) is 69.4 Å². The Labute approximate surface area is 162 Å². The highest BCUT2D eigenvalue weighted by molar-refractivity contribution is 5.21. The summed E-state index contributed by atoms with van der Waals surface area (Å²) < 4.78 is 6.33. The van der Waals surface area contributed by atoms with E-state index >= 15 is 0 Å². The predicted molar refractivity (Wildman–Crippen MR) is 105 cm³/mol. The van der Waals surface area contributed by atoms with Crippen molar-refractivity contribution in [3.05, 3.63) is 53.6 Å². The maximum Gasteiger partial charge on any atom is 0.0691 e. The number of hydrogen-bond acceptors (Lipinski definition) is 5. The quantitative estimate of drug-likeness (QED) is 0.790. The van der Waals surface area contributed by atoms with Crippen molar-refractivity contribution in [3.63, 3.8) is 0 Å². The van der Waals surface area contributed by atoms with E-state index in [0.717, 1.165) is 44.7 Å². The molecule has 27 heavy (non-hydrogen) atoms. The van der Waals surface area contributed by atoms with E-state index in [1.165, 1.54) is 36.9 Å². The summed E-state index contributed by atoms with van der Waals surface area (Å²) in [4.78, 5) is 4.78. The smallest absolute Gasteiger partial charge is 0.0691 e. The Morgan fingerprint density at radius 1 is 1.19 bits per heavy atom. The zero-order valence-electron chi connectivity index (χ0n) is 16.3. The lowest BCUT2D eigenvalue weighted by Gasteiger charge is -2.46. The maximum absolute atomic E-state index is 6.33. The van der Waals surface area contributed by atoms with Gasteiger partial charge < -0.3 is 10.1 Å². The molecule has 0 amide bonds. The molecule has 1 spiro atoms. The second kappa shape index (κ2) is 8.03. The Kier molecular flexibility index (Phi) is 5.50. The number of rotatable bonds is 6. The van der Waals surface area contributed by atoms with Crippen molar-refractivity contribution >= 4 is 0 Å². The van der Waals surface area contributed by atoms with E-state index in [-0.39, 0.29) is 11.0 Å². The third-order valence-corrected chi connectivity index (χ3v) is 6.32. The number of aryl methyl sites for hydroxylation is 1. The van der Waals surface area contributed by atoms with Gasteiger partial charge in [0.15, 0.2) is 0 Å². The van der Waals surface area contributed by atoms with E-state index in [2.05, 4.69) is 33.7 Å². The van der Waals surface area contributed by atoms with Crippen LogP contribution in [0.2, 0.25) is 0 Å². The number of pyridine rings is 1. The molecule has 0 aromatic carbocycles. The van der Waals surface area contributed by atoms with Gasteiger partial charge in [-0.3, -0.25) is 4.98 Å². The molecular weight excluding hydrogens is 336 g/mol. The summed E-state index contributed by atoms with van der Waals surface area (Å²) in [5.41, 5.74) is 3.59. The molecule has 2 fully saturated rings. The molecule has 4 rings (SSSR count). The fourth-order valence-corrected chi connectivity index (χ4v) is 4.98. The van der Waals surface area contributed by atoms with Crippen LogP contribution in [0.15, 0.2) is 36.7 Å². The van der Waals surface area contributed by atoms with Gasteiger partial charge in [0.05, 0.1) is 17.5 Å². The first-order chi connectivity index (χ1) is 13.2. The molecule has 2 aromatic rings. The fraction of sp³-hybridized carbons (Fsp3) is 0.591. The van der Waals surface area contributed by atoms with Gasteiger partial charge in [-0.05, 0) is 69.3 Å². The van der Waals surface area contributed by atoms with Crippen LogP contribution in [0, 0.1) is 6.92 Å². The van der Waals surface area contributed by atoms with Gasteiger partial charge in [0, 0.05) is 30.5 Å². The first-order valence-corrected chi connectivity index (χ1v) is 10.2. The van der Waals surface area contributed by atoms with Crippen LogP contribution in [0.25, 0.3) is 0 Å². The number of aromatic nitrogens is 3. The summed E-state index contributed by atoms with van der Waals surface area (Å²) >= 11 is 0. The van der Waals surface area contributed by atoms with Crippen LogP contribution in [-0.2, 0) is 16.7 Å². The fourth-order valence-electron chi connectivity index (χ4n) is 4.98. The number of nitrogens with one attached hydrogen (secondary N) is 1. The van der Waals surface area contributed by atoms with Gasteiger partial charge in [-0.25, -0.2) is 0 Å². The lowest BCUT2D eigenvalue weighted by Crippen LogP contribution is -2.47.